The number of carbonyl (C=O) groups is 1. The van der Waals surface area contributed by atoms with Crippen LogP contribution in [0.4, 0.5) is 0 Å². The molecule has 0 heterocycles. The van der Waals surface area contributed by atoms with Crippen molar-refractivity contribution >= 4 is 23.2 Å². The van der Waals surface area contributed by atoms with Crippen LogP contribution in [-0.2, 0) is 0 Å². The lowest BCUT2D eigenvalue weighted by atomic mass is 10.2. The van der Waals surface area contributed by atoms with Gasteiger partial charge in [-0.2, -0.15) is 0 Å². The minimum absolute atomic E-state index is 0.0437. The second kappa shape index (κ2) is 4.57. The molecule has 1 aromatic carbocycles. The quantitative estimate of drug-likeness (QED) is 0.704. The molecule has 0 aromatic heterocycles. The van der Waals surface area contributed by atoms with Gasteiger partial charge >= 0.3 is 0 Å². The van der Waals surface area contributed by atoms with Crippen molar-refractivity contribution in [2.45, 2.75) is 0 Å². The summed E-state index contributed by atoms with van der Waals surface area (Å²) in [7, 11) is 1.53. The molecule has 0 aliphatic carbocycles. The van der Waals surface area contributed by atoms with E-state index in [9.17, 15) is 4.79 Å². The number of thiocarbonyl (C=S) groups is 1. The molecule has 0 radical (unpaired) electrons. The van der Waals surface area contributed by atoms with E-state index in [-0.39, 0.29) is 11.0 Å². The van der Waals surface area contributed by atoms with Crippen LogP contribution in [0.3, 0.4) is 0 Å². The first kappa shape index (κ1) is 10.5. The highest BCUT2D eigenvalue weighted by molar-refractivity contribution is 7.80. The van der Waals surface area contributed by atoms with Crippen molar-refractivity contribution in [2.24, 2.45) is 5.73 Å². The minimum Gasteiger partial charge on any atom is -0.497 e. The average molecular weight is 210 g/mol. The van der Waals surface area contributed by atoms with E-state index in [1.807, 2.05) is 0 Å². The van der Waals surface area contributed by atoms with Gasteiger partial charge in [0.1, 0.15) is 5.75 Å². The second-order valence-corrected chi connectivity index (χ2v) is 2.99. The molecule has 0 atom stereocenters. The number of rotatable bonds is 2. The lowest BCUT2D eigenvalue weighted by Crippen LogP contribution is -2.34. The average Bonchev–Trinajstić information content (AvgIpc) is 2.17. The summed E-state index contributed by atoms with van der Waals surface area (Å²) in [6.45, 7) is 0. The first-order chi connectivity index (χ1) is 6.63. The molecule has 0 saturated carbocycles. The molecule has 1 amide bonds. The highest BCUT2D eigenvalue weighted by Crippen LogP contribution is 2.11. The first-order valence-electron chi connectivity index (χ1n) is 3.88. The molecule has 3 N–H and O–H groups in total. The van der Waals surface area contributed by atoms with Crippen LogP contribution in [0, 0.1) is 0 Å². The van der Waals surface area contributed by atoms with Gasteiger partial charge in [0.05, 0.1) is 7.11 Å². The fourth-order valence-corrected chi connectivity index (χ4v) is 1.04. The Labute approximate surface area is 87.0 Å². The van der Waals surface area contributed by atoms with Crippen molar-refractivity contribution < 1.29 is 9.53 Å². The lowest BCUT2D eigenvalue weighted by Gasteiger charge is -2.04. The zero-order valence-corrected chi connectivity index (χ0v) is 8.43. The summed E-state index contributed by atoms with van der Waals surface area (Å²) in [5, 5.41) is 2.28. The summed E-state index contributed by atoms with van der Waals surface area (Å²) in [6.07, 6.45) is 0. The molecule has 74 valence electrons. The van der Waals surface area contributed by atoms with Crippen LogP contribution in [0.25, 0.3) is 0 Å². The van der Waals surface area contributed by atoms with E-state index >= 15 is 0 Å². The predicted octanol–water partition coefficient (Wildman–Crippen LogP) is 0.669. The fraction of sp³-hybridized carbons (Fsp3) is 0.111. The van der Waals surface area contributed by atoms with Crippen LogP contribution in [0.2, 0.25) is 0 Å². The van der Waals surface area contributed by atoms with E-state index in [4.69, 9.17) is 10.5 Å². The van der Waals surface area contributed by atoms with Crippen LogP contribution in [0.15, 0.2) is 24.3 Å². The Bertz CT molecular complexity index is 366. The number of ether oxygens (including phenoxy) is 1. The maximum absolute atomic E-state index is 11.4. The summed E-state index contributed by atoms with van der Waals surface area (Å²) in [5.74, 6) is 0.275. The fourth-order valence-electron chi connectivity index (χ4n) is 0.948. The summed E-state index contributed by atoms with van der Waals surface area (Å²) in [4.78, 5) is 11.4. The molecule has 0 aliphatic rings. The maximum atomic E-state index is 11.4. The molecule has 0 spiro atoms. The van der Waals surface area contributed by atoms with Gasteiger partial charge < -0.3 is 10.5 Å². The zero-order chi connectivity index (χ0) is 10.6. The van der Waals surface area contributed by atoms with Crippen LogP contribution in [0.5, 0.6) is 5.75 Å². The van der Waals surface area contributed by atoms with E-state index in [1.165, 1.54) is 7.11 Å². The third-order valence-corrected chi connectivity index (χ3v) is 1.67. The van der Waals surface area contributed by atoms with Crippen LogP contribution in [0.1, 0.15) is 10.4 Å². The van der Waals surface area contributed by atoms with Gasteiger partial charge in [-0.15, -0.1) is 0 Å². The molecular weight excluding hydrogens is 200 g/mol. The Morgan fingerprint density at radius 1 is 1.57 bits per heavy atom. The molecule has 5 heteroatoms. The first-order valence-corrected chi connectivity index (χ1v) is 4.29. The Morgan fingerprint density at radius 3 is 2.86 bits per heavy atom. The maximum Gasteiger partial charge on any atom is 0.257 e. The highest BCUT2D eigenvalue weighted by atomic mass is 32.1. The van der Waals surface area contributed by atoms with Gasteiger partial charge in [0.25, 0.3) is 5.91 Å². The SMILES string of the molecule is COc1cccc(C(=O)NC(N)=S)c1. The molecular formula is C9H10N2O2S. The van der Waals surface area contributed by atoms with Crippen LogP contribution < -0.4 is 15.8 Å². The van der Waals surface area contributed by atoms with Gasteiger partial charge in [0.15, 0.2) is 5.11 Å². The van der Waals surface area contributed by atoms with Gasteiger partial charge in [-0.05, 0) is 30.4 Å². The smallest absolute Gasteiger partial charge is 0.257 e. The number of hydrogen-bond acceptors (Lipinski definition) is 3. The van der Waals surface area contributed by atoms with E-state index in [1.54, 1.807) is 24.3 Å². The monoisotopic (exact) mass is 210 g/mol. The van der Waals surface area contributed by atoms with Crippen molar-refractivity contribution in [3.63, 3.8) is 0 Å². The molecule has 1 aromatic rings. The van der Waals surface area contributed by atoms with Gasteiger partial charge in [0, 0.05) is 5.56 Å². The summed E-state index contributed by atoms with van der Waals surface area (Å²) in [5.41, 5.74) is 5.63. The normalized spacial score (nSPS) is 9.21. The Hall–Kier alpha value is -1.62. The number of nitrogens with one attached hydrogen (secondary N) is 1. The van der Waals surface area contributed by atoms with Crippen LogP contribution >= 0.6 is 12.2 Å². The number of benzene rings is 1. The Morgan fingerprint density at radius 2 is 2.29 bits per heavy atom. The Balaban J connectivity index is 2.84. The second-order valence-electron chi connectivity index (χ2n) is 2.55. The van der Waals surface area contributed by atoms with Gasteiger partial charge in [-0.25, -0.2) is 0 Å². The van der Waals surface area contributed by atoms with E-state index in [0.29, 0.717) is 11.3 Å². The standard InChI is InChI=1S/C9H10N2O2S/c1-13-7-4-2-3-6(5-7)8(12)11-9(10)14/h2-5H,1H3,(H3,10,11,12,14). The van der Waals surface area contributed by atoms with Gasteiger partial charge in [-0.3, -0.25) is 10.1 Å². The van der Waals surface area contributed by atoms with E-state index in [2.05, 4.69) is 17.5 Å². The number of hydrogen-bond donors (Lipinski definition) is 2. The van der Waals surface area contributed by atoms with E-state index < -0.39 is 0 Å². The minimum atomic E-state index is -0.337. The molecule has 4 nitrogen and oxygen atoms in total. The summed E-state index contributed by atoms with van der Waals surface area (Å²) in [6, 6.07) is 6.72. The summed E-state index contributed by atoms with van der Waals surface area (Å²) < 4.78 is 4.97. The molecule has 0 fully saturated rings. The predicted molar refractivity (Wildman–Crippen MR) is 57.2 cm³/mol. The van der Waals surface area contributed by atoms with Crippen LogP contribution in [-0.4, -0.2) is 18.1 Å². The number of methoxy groups -OCH3 is 1. The third kappa shape index (κ3) is 2.70. The molecule has 0 unspecified atom stereocenters. The van der Waals surface area contributed by atoms with Crippen molar-refractivity contribution in [1.29, 1.82) is 0 Å². The summed E-state index contributed by atoms with van der Waals surface area (Å²) >= 11 is 4.55. The van der Waals surface area contributed by atoms with E-state index in [0.717, 1.165) is 0 Å². The number of nitrogens with two attached hydrogens (primary N) is 1. The highest BCUT2D eigenvalue weighted by Gasteiger charge is 2.06. The van der Waals surface area contributed by atoms with Crippen molar-refractivity contribution in [3.05, 3.63) is 29.8 Å². The lowest BCUT2D eigenvalue weighted by molar-refractivity contribution is 0.0977. The topological polar surface area (TPSA) is 64.3 Å². The largest absolute Gasteiger partial charge is 0.497 e. The number of amides is 1. The van der Waals surface area contributed by atoms with Gasteiger partial charge in [0.2, 0.25) is 0 Å². The zero-order valence-electron chi connectivity index (χ0n) is 7.61. The third-order valence-electron chi connectivity index (χ3n) is 1.57. The van der Waals surface area contributed by atoms with Crippen molar-refractivity contribution in [2.75, 3.05) is 7.11 Å². The molecule has 14 heavy (non-hydrogen) atoms. The van der Waals surface area contributed by atoms with Crippen molar-refractivity contribution in [3.8, 4) is 5.75 Å². The van der Waals surface area contributed by atoms with Crippen molar-refractivity contribution in [1.82, 2.24) is 5.32 Å². The molecule has 0 aliphatic heterocycles. The molecule has 0 bridgehead atoms. The number of carbonyl (C=O) groups excluding carboxylic acids is 1. The molecule has 0 saturated heterocycles. The molecule has 1 rings (SSSR count). The van der Waals surface area contributed by atoms with Gasteiger partial charge in [-0.1, -0.05) is 6.07 Å². The Kier molecular flexibility index (Phi) is 3.41.